The van der Waals surface area contributed by atoms with Gasteiger partial charge in [-0.2, -0.15) is 0 Å². The molecule has 0 saturated carbocycles. The average molecular weight is 354 g/mol. The Balaban J connectivity index is 0. The summed E-state index contributed by atoms with van der Waals surface area (Å²) >= 11 is 0. The second-order valence-electron chi connectivity index (χ2n) is 4.50. The lowest BCUT2D eigenvalue weighted by molar-refractivity contribution is -0.120. The Morgan fingerprint density at radius 1 is 0.652 bits per heavy atom. The van der Waals surface area contributed by atoms with Crippen LogP contribution in [0.1, 0.15) is 0 Å². The van der Waals surface area contributed by atoms with Gasteiger partial charge in [-0.05, 0) is 0 Å². The van der Waals surface area contributed by atoms with Crippen LogP contribution in [0.25, 0.3) is 0 Å². The van der Waals surface area contributed by atoms with Crippen LogP contribution in [0.2, 0.25) is 0 Å². The van der Waals surface area contributed by atoms with Crippen molar-refractivity contribution in [1.82, 2.24) is 20.9 Å². The smallest absolute Gasteiger partial charge is 0.233 e. The van der Waals surface area contributed by atoms with Gasteiger partial charge in [0.15, 0.2) is 0 Å². The number of rotatable bonds is 12. The number of amides is 3. The van der Waals surface area contributed by atoms with Gasteiger partial charge in [-0.3, -0.25) is 19.3 Å². The first-order chi connectivity index (χ1) is 10.5. The monoisotopic (exact) mass is 353 g/mol. The number of nitrogens with one attached hydrogen (secondary N) is 3. The molecule has 0 aromatic rings. The molecule has 10 nitrogen and oxygen atoms in total. The lowest BCUT2D eigenvalue weighted by Gasteiger charge is -2.22. The van der Waals surface area contributed by atoms with Gasteiger partial charge in [0.05, 0.1) is 19.6 Å². The molecule has 0 heterocycles. The minimum Gasteiger partial charge on any atom is -0.354 e. The Morgan fingerprint density at radius 2 is 0.913 bits per heavy atom. The van der Waals surface area contributed by atoms with Gasteiger partial charge in [0, 0.05) is 39.3 Å². The summed E-state index contributed by atoms with van der Waals surface area (Å²) in [6, 6.07) is 0. The third kappa shape index (κ3) is 13.9. The summed E-state index contributed by atoms with van der Waals surface area (Å²) in [5.41, 5.74) is 15.6. The third-order valence-corrected chi connectivity index (χ3v) is 2.81. The zero-order valence-corrected chi connectivity index (χ0v) is 14.0. The lowest BCUT2D eigenvalue weighted by atomic mass is 10.4. The number of carbonyl (C=O) groups excluding carboxylic acids is 3. The highest BCUT2D eigenvalue weighted by Gasteiger charge is 2.07. The summed E-state index contributed by atoms with van der Waals surface area (Å²) < 4.78 is 0. The van der Waals surface area contributed by atoms with E-state index in [0.29, 0.717) is 39.3 Å². The van der Waals surface area contributed by atoms with Gasteiger partial charge in [0.25, 0.3) is 0 Å². The molecule has 0 aliphatic heterocycles. The van der Waals surface area contributed by atoms with Crippen LogP contribution in [0.3, 0.4) is 0 Å². The average Bonchev–Trinajstić information content (AvgIpc) is 2.53. The maximum Gasteiger partial charge on any atom is 0.233 e. The van der Waals surface area contributed by atoms with Gasteiger partial charge in [-0.15, -0.1) is 12.4 Å². The quantitative estimate of drug-likeness (QED) is 0.207. The molecule has 0 aliphatic rings. The summed E-state index contributed by atoms with van der Waals surface area (Å²) in [5.74, 6) is -0.687. The minimum absolute atomic E-state index is 0. The molecule has 0 fully saturated rings. The molecule has 0 atom stereocenters. The molecule has 0 aromatic carbocycles. The maximum absolute atomic E-state index is 11.1. The van der Waals surface area contributed by atoms with Crippen molar-refractivity contribution in [3.8, 4) is 0 Å². The first-order valence-corrected chi connectivity index (χ1v) is 7.16. The molecule has 0 bridgehead atoms. The first-order valence-electron chi connectivity index (χ1n) is 7.16. The fraction of sp³-hybridized carbons (Fsp3) is 0.750. The van der Waals surface area contributed by atoms with E-state index in [0.717, 1.165) is 0 Å². The van der Waals surface area contributed by atoms with Crippen molar-refractivity contribution >= 4 is 30.1 Å². The van der Waals surface area contributed by atoms with Gasteiger partial charge in [-0.25, -0.2) is 0 Å². The van der Waals surface area contributed by atoms with E-state index in [2.05, 4.69) is 16.0 Å². The Morgan fingerprint density at radius 3 is 1.13 bits per heavy atom. The van der Waals surface area contributed by atoms with Gasteiger partial charge in [0.2, 0.25) is 17.7 Å². The van der Waals surface area contributed by atoms with E-state index >= 15 is 0 Å². The highest BCUT2D eigenvalue weighted by Crippen LogP contribution is 1.86. The molecule has 11 heteroatoms. The van der Waals surface area contributed by atoms with Crippen LogP contribution in [0.15, 0.2) is 0 Å². The first kappa shape index (κ1) is 23.8. The Kier molecular flexibility index (Phi) is 16.0. The normalized spacial score (nSPS) is 9.91. The van der Waals surface area contributed by atoms with Crippen molar-refractivity contribution in [1.29, 1.82) is 0 Å². The molecule has 0 aromatic heterocycles. The van der Waals surface area contributed by atoms with Gasteiger partial charge in [0.1, 0.15) is 0 Å². The number of hydrogen-bond acceptors (Lipinski definition) is 7. The predicted molar refractivity (Wildman–Crippen MR) is 89.9 cm³/mol. The highest BCUT2D eigenvalue weighted by molar-refractivity contribution is 5.85. The number of nitrogens with two attached hydrogens (primary N) is 3. The number of halogens is 1. The van der Waals surface area contributed by atoms with Crippen molar-refractivity contribution in [2.75, 3.05) is 58.9 Å². The van der Waals surface area contributed by atoms with Crippen molar-refractivity contribution in [3.63, 3.8) is 0 Å². The van der Waals surface area contributed by atoms with Gasteiger partial charge in [-0.1, -0.05) is 0 Å². The van der Waals surface area contributed by atoms with Crippen LogP contribution in [0, 0.1) is 0 Å². The van der Waals surface area contributed by atoms with E-state index in [9.17, 15) is 14.4 Å². The molecule has 0 spiro atoms. The summed E-state index contributed by atoms with van der Waals surface area (Å²) in [6.45, 7) is 2.86. The molecule has 0 rings (SSSR count). The standard InChI is InChI=1S/C12H27N7O3.ClH/c13-7-10(20)16-1-4-19(5-2-17-11(21)8-14)6-3-18-12(22)9-15;/h1-9,13-15H2,(H,16,20)(H,17,21)(H,18,22);1H. The molecule has 0 unspecified atom stereocenters. The largest absolute Gasteiger partial charge is 0.354 e. The van der Waals surface area contributed by atoms with Crippen molar-refractivity contribution in [2.24, 2.45) is 17.2 Å². The topological polar surface area (TPSA) is 169 Å². The van der Waals surface area contributed by atoms with Crippen LogP contribution in [-0.4, -0.2) is 81.5 Å². The van der Waals surface area contributed by atoms with Crippen LogP contribution in [0.4, 0.5) is 0 Å². The molecule has 3 amide bonds. The Labute approximate surface area is 142 Å². The van der Waals surface area contributed by atoms with Gasteiger partial charge >= 0.3 is 0 Å². The molecular formula is C12H28ClN7O3. The molecule has 0 aliphatic carbocycles. The van der Waals surface area contributed by atoms with Crippen LogP contribution in [-0.2, 0) is 14.4 Å². The number of hydrogen-bond donors (Lipinski definition) is 6. The zero-order valence-electron chi connectivity index (χ0n) is 13.2. The van der Waals surface area contributed by atoms with Crippen molar-refractivity contribution in [2.45, 2.75) is 0 Å². The number of nitrogens with zero attached hydrogens (tertiary/aromatic N) is 1. The lowest BCUT2D eigenvalue weighted by Crippen LogP contribution is -2.44. The summed E-state index contributed by atoms with van der Waals surface area (Å²) in [6.07, 6.45) is 0. The second kappa shape index (κ2) is 15.4. The molecule has 0 saturated heterocycles. The van der Waals surface area contributed by atoms with E-state index in [1.54, 1.807) is 0 Å². The fourth-order valence-electron chi connectivity index (χ4n) is 1.61. The fourth-order valence-corrected chi connectivity index (χ4v) is 1.61. The van der Waals surface area contributed by atoms with Crippen molar-refractivity contribution in [3.05, 3.63) is 0 Å². The Hall–Kier alpha value is -1.46. The van der Waals surface area contributed by atoms with Crippen LogP contribution < -0.4 is 33.2 Å². The van der Waals surface area contributed by atoms with E-state index < -0.39 is 0 Å². The third-order valence-electron chi connectivity index (χ3n) is 2.81. The highest BCUT2D eigenvalue weighted by atomic mass is 35.5. The number of carbonyl (C=O) groups is 3. The maximum atomic E-state index is 11.1. The summed E-state index contributed by atoms with van der Waals surface area (Å²) in [5, 5.41) is 7.99. The molecule has 136 valence electrons. The van der Waals surface area contributed by atoms with Crippen LogP contribution >= 0.6 is 12.4 Å². The van der Waals surface area contributed by atoms with Crippen LogP contribution in [0.5, 0.6) is 0 Å². The molecule has 0 radical (unpaired) electrons. The van der Waals surface area contributed by atoms with E-state index in [-0.39, 0.29) is 49.8 Å². The SMILES string of the molecule is Cl.NCC(=O)NCCN(CCNC(=O)CN)CCNC(=O)CN. The summed E-state index contributed by atoms with van der Waals surface area (Å²) in [4.78, 5) is 35.2. The minimum atomic E-state index is -0.229. The van der Waals surface area contributed by atoms with Gasteiger partial charge < -0.3 is 33.2 Å². The molecule has 9 N–H and O–H groups in total. The molecule has 23 heavy (non-hydrogen) atoms. The second-order valence-corrected chi connectivity index (χ2v) is 4.50. The Bertz CT molecular complexity index is 305. The van der Waals surface area contributed by atoms with E-state index in [1.165, 1.54) is 0 Å². The predicted octanol–water partition coefficient (Wildman–Crippen LogP) is -4.07. The van der Waals surface area contributed by atoms with E-state index in [1.807, 2.05) is 4.90 Å². The zero-order chi connectivity index (χ0) is 16.8. The molecular weight excluding hydrogens is 326 g/mol. The van der Waals surface area contributed by atoms with Crippen molar-refractivity contribution < 1.29 is 14.4 Å². The summed E-state index contributed by atoms with van der Waals surface area (Å²) in [7, 11) is 0. The van der Waals surface area contributed by atoms with E-state index in [4.69, 9.17) is 17.2 Å².